The number of alkyl halides is 3. The maximum atomic E-state index is 12.4. The molecule has 1 saturated heterocycles. The number of halogens is 4. The van der Waals surface area contributed by atoms with Crippen molar-refractivity contribution in [1.82, 2.24) is 15.0 Å². The van der Waals surface area contributed by atoms with Crippen molar-refractivity contribution in [2.75, 3.05) is 6.54 Å². The summed E-state index contributed by atoms with van der Waals surface area (Å²) in [5.41, 5.74) is -1.11. The molecule has 2 unspecified atom stereocenters. The number of pyridine rings is 1. The second kappa shape index (κ2) is 7.12. The quantitative estimate of drug-likeness (QED) is 0.865. The van der Waals surface area contributed by atoms with Crippen LogP contribution in [-0.4, -0.2) is 32.0 Å². The number of hydrogen-bond donors (Lipinski definition) is 2. The van der Waals surface area contributed by atoms with Crippen LogP contribution in [0, 0.1) is 0 Å². The SMILES string of the molecule is CC1CC(NS(=O)(=O)c2ccc(C(F)(F)F)nc2)CCN1.Cl. The molecule has 1 aromatic heterocycles. The van der Waals surface area contributed by atoms with E-state index in [1.165, 1.54) is 0 Å². The van der Waals surface area contributed by atoms with Crippen molar-refractivity contribution in [2.24, 2.45) is 0 Å². The van der Waals surface area contributed by atoms with E-state index in [1.54, 1.807) is 0 Å². The van der Waals surface area contributed by atoms with Crippen LogP contribution in [0.1, 0.15) is 25.5 Å². The summed E-state index contributed by atoms with van der Waals surface area (Å²) in [7, 11) is -3.85. The van der Waals surface area contributed by atoms with Gasteiger partial charge in [0.05, 0.1) is 0 Å². The number of nitrogens with zero attached hydrogens (tertiary/aromatic N) is 1. The summed E-state index contributed by atoms with van der Waals surface area (Å²) in [5, 5.41) is 3.19. The lowest BCUT2D eigenvalue weighted by Gasteiger charge is -2.28. The molecule has 0 saturated carbocycles. The smallest absolute Gasteiger partial charge is 0.314 e. The number of hydrogen-bond acceptors (Lipinski definition) is 4. The molecule has 0 aliphatic carbocycles. The Bertz CT molecular complexity index is 593. The summed E-state index contributed by atoms with van der Waals surface area (Å²) >= 11 is 0. The van der Waals surface area contributed by atoms with Gasteiger partial charge in [0.25, 0.3) is 0 Å². The van der Waals surface area contributed by atoms with Gasteiger partial charge in [-0.3, -0.25) is 4.98 Å². The van der Waals surface area contributed by atoms with E-state index in [9.17, 15) is 21.6 Å². The lowest BCUT2D eigenvalue weighted by atomic mass is 10.0. The molecule has 0 spiro atoms. The molecule has 0 radical (unpaired) electrons. The topological polar surface area (TPSA) is 71.1 Å². The molecule has 1 aliphatic rings. The predicted molar refractivity (Wildman–Crippen MR) is 77.3 cm³/mol. The first-order chi connectivity index (χ1) is 9.68. The highest BCUT2D eigenvalue weighted by molar-refractivity contribution is 7.89. The number of piperidine rings is 1. The summed E-state index contributed by atoms with van der Waals surface area (Å²) in [6.45, 7) is 2.64. The third-order valence-corrected chi connectivity index (χ3v) is 4.79. The third kappa shape index (κ3) is 4.80. The summed E-state index contributed by atoms with van der Waals surface area (Å²) in [4.78, 5) is 2.91. The van der Waals surface area contributed by atoms with Gasteiger partial charge in [-0.25, -0.2) is 13.1 Å². The van der Waals surface area contributed by atoms with Gasteiger partial charge in [-0.2, -0.15) is 13.2 Å². The molecule has 2 heterocycles. The van der Waals surface area contributed by atoms with E-state index in [4.69, 9.17) is 0 Å². The number of aromatic nitrogens is 1. The van der Waals surface area contributed by atoms with Crippen LogP contribution < -0.4 is 10.0 Å². The van der Waals surface area contributed by atoms with Crippen LogP contribution in [0.15, 0.2) is 23.2 Å². The number of rotatable bonds is 3. The minimum atomic E-state index is -4.58. The van der Waals surface area contributed by atoms with E-state index < -0.39 is 21.9 Å². The Balaban J connectivity index is 0.00000242. The van der Waals surface area contributed by atoms with Gasteiger partial charge < -0.3 is 5.32 Å². The van der Waals surface area contributed by atoms with Crippen LogP contribution in [-0.2, 0) is 16.2 Å². The summed E-state index contributed by atoms with van der Waals surface area (Å²) < 4.78 is 63.9. The molecule has 1 aromatic rings. The second-order valence-electron chi connectivity index (χ2n) is 5.07. The van der Waals surface area contributed by atoms with Crippen LogP contribution in [0.2, 0.25) is 0 Å². The fourth-order valence-corrected chi connectivity index (χ4v) is 3.46. The lowest BCUT2D eigenvalue weighted by Crippen LogP contribution is -2.46. The van der Waals surface area contributed by atoms with Gasteiger partial charge in [0.15, 0.2) is 0 Å². The van der Waals surface area contributed by atoms with Gasteiger partial charge in [-0.15, -0.1) is 12.4 Å². The Morgan fingerprint density at radius 2 is 2.05 bits per heavy atom. The molecule has 2 rings (SSSR count). The first-order valence-corrected chi connectivity index (χ1v) is 7.96. The van der Waals surface area contributed by atoms with Gasteiger partial charge in [0.2, 0.25) is 10.0 Å². The van der Waals surface area contributed by atoms with E-state index in [0.717, 1.165) is 12.3 Å². The minimum Gasteiger partial charge on any atom is -0.314 e. The van der Waals surface area contributed by atoms with E-state index >= 15 is 0 Å². The van der Waals surface area contributed by atoms with Gasteiger partial charge in [-0.05, 0) is 38.4 Å². The Hall–Kier alpha value is -0.900. The Kier molecular flexibility index (Phi) is 6.19. The summed E-state index contributed by atoms with van der Waals surface area (Å²) in [6.07, 6.45) is -2.58. The van der Waals surface area contributed by atoms with Crippen LogP contribution in [0.4, 0.5) is 13.2 Å². The number of sulfonamides is 1. The van der Waals surface area contributed by atoms with Crippen LogP contribution in [0.5, 0.6) is 0 Å². The van der Waals surface area contributed by atoms with Gasteiger partial charge in [0, 0.05) is 18.3 Å². The maximum absolute atomic E-state index is 12.4. The zero-order chi connectivity index (χ0) is 15.7. The summed E-state index contributed by atoms with van der Waals surface area (Å²) in [5.74, 6) is 0. The highest BCUT2D eigenvalue weighted by Gasteiger charge is 2.33. The normalized spacial score (nSPS) is 22.9. The molecule has 2 N–H and O–H groups in total. The molecule has 0 aromatic carbocycles. The van der Waals surface area contributed by atoms with Gasteiger partial charge in [0.1, 0.15) is 10.6 Å². The maximum Gasteiger partial charge on any atom is 0.433 e. The van der Waals surface area contributed by atoms with Gasteiger partial charge in [-0.1, -0.05) is 0 Å². The first kappa shape index (κ1) is 19.1. The van der Waals surface area contributed by atoms with E-state index in [-0.39, 0.29) is 29.4 Å². The average molecular weight is 360 g/mol. The molecule has 2 atom stereocenters. The van der Waals surface area contributed by atoms with E-state index in [0.29, 0.717) is 25.5 Å². The Morgan fingerprint density at radius 3 is 2.55 bits per heavy atom. The average Bonchev–Trinajstić information content (AvgIpc) is 2.37. The fourth-order valence-electron chi connectivity index (χ4n) is 2.23. The molecule has 126 valence electrons. The molecule has 1 aliphatic heterocycles. The molecular weight excluding hydrogens is 343 g/mol. The fraction of sp³-hybridized carbons (Fsp3) is 0.583. The minimum absolute atomic E-state index is 0. The lowest BCUT2D eigenvalue weighted by molar-refractivity contribution is -0.141. The zero-order valence-electron chi connectivity index (χ0n) is 11.7. The second-order valence-corrected chi connectivity index (χ2v) is 6.79. The highest BCUT2D eigenvalue weighted by Crippen LogP contribution is 2.27. The van der Waals surface area contributed by atoms with Crippen molar-refractivity contribution in [3.05, 3.63) is 24.0 Å². The van der Waals surface area contributed by atoms with Crippen LogP contribution >= 0.6 is 12.4 Å². The highest BCUT2D eigenvalue weighted by atomic mass is 35.5. The molecule has 0 bridgehead atoms. The van der Waals surface area contributed by atoms with Crippen molar-refractivity contribution in [3.63, 3.8) is 0 Å². The molecule has 1 fully saturated rings. The van der Waals surface area contributed by atoms with Crippen molar-refractivity contribution < 1.29 is 21.6 Å². The molecular formula is C12H17ClF3N3O2S. The monoisotopic (exact) mass is 359 g/mol. The van der Waals surface area contributed by atoms with Crippen LogP contribution in [0.3, 0.4) is 0 Å². The van der Waals surface area contributed by atoms with E-state index in [1.807, 2.05) is 6.92 Å². The third-order valence-electron chi connectivity index (χ3n) is 3.28. The molecule has 0 amide bonds. The largest absolute Gasteiger partial charge is 0.433 e. The van der Waals surface area contributed by atoms with Crippen molar-refractivity contribution in [3.8, 4) is 0 Å². The molecule has 5 nitrogen and oxygen atoms in total. The molecule has 10 heteroatoms. The Labute approximate surface area is 133 Å². The van der Waals surface area contributed by atoms with Gasteiger partial charge >= 0.3 is 6.18 Å². The first-order valence-electron chi connectivity index (χ1n) is 6.47. The van der Waals surface area contributed by atoms with Crippen LogP contribution in [0.25, 0.3) is 0 Å². The Morgan fingerprint density at radius 1 is 1.36 bits per heavy atom. The van der Waals surface area contributed by atoms with Crippen molar-refractivity contribution >= 4 is 22.4 Å². The molecule has 22 heavy (non-hydrogen) atoms. The predicted octanol–water partition coefficient (Wildman–Crippen LogP) is 1.94. The standard InChI is InChI=1S/C12H16F3N3O2S.ClH/c1-8-6-9(4-5-16-8)18-21(19,20)10-2-3-11(17-7-10)12(13,14)15;/h2-3,7-9,16,18H,4-6H2,1H3;1H. The number of nitrogens with one attached hydrogen (secondary N) is 2. The van der Waals surface area contributed by atoms with Crippen molar-refractivity contribution in [1.29, 1.82) is 0 Å². The van der Waals surface area contributed by atoms with E-state index in [2.05, 4.69) is 15.0 Å². The van der Waals surface area contributed by atoms with Crippen molar-refractivity contribution in [2.45, 2.75) is 42.9 Å². The summed E-state index contributed by atoms with van der Waals surface area (Å²) in [6, 6.07) is 1.55. The zero-order valence-corrected chi connectivity index (χ0v) is 13.4.